The normalized spacial score (nSPS) is 10.8. The van der Waals surface area contributed by atoms with E-state index in [2.05, 4.69) is 41.3 Å². The molecule has 0 saturated heterocycles. The van der Waals surface area contributed by atoms with Crippen molar-refractivity contribution in [3.8, 4) is 0 Å². The van der Waals surface area contributed by atoms with Crippen molar-refractivity contribution in [3.05, 3.63) is 22.4 Å². The van der Waals surface area contributed by atoms with Gasteiger partial charge in [-0.15, -0.1) is 0 Å². The van der Waals surface area contributed by atoms with E-state index in [9.17, 15) is 4.79 Å². The lowest BCUT2D eigenvalue weighted by atomic mass is 10.2. The molecule has 0 aliphatic rings. The van der Waals surface area contributed by atoms with Gasteiger partial charge in [0.15, 0.2) is 0 Å². The molecule has 0 radical (unpaired) electrons. The number of rotatable bonds is 8. The fourth-order valence-corrected chi connectivity index (χ4v) is 2.21. The van der Waals surface area contributed by atoms with Crippen LogP contribution >= 0.6 is 11.3 Å². The lowest BCUT2D eigenvalue weighted by Gasteiger charge is -2.08. The molecule has 0 fully saturated rings. The fraction of sp³-hybridized carbons (Fsp3) is 0.615. The average molecular weight is 254 g/mol. The van der Waals surface area contributed by atoms with Crippen LogP contribution in [0.4, 0.5) is 0 Å². The third-order valence-corrected chi connectivity index (χ3v) is 3.18. The lowest BCUT2D eigenvalue weighted by molar-refractivity contribution is -0.121. The third kappa shape index (κ3) is 7.13. The van der Waals surface area contributed by atoms with Gasteiger partial charge in [-0.05, 0) is 41.8 Å². The van der Waals surface area contributed by atoms with Crippen LogP contribution in [0, 0.1) is 0 Å². The largest absolute Gasteiger partial charge is 0.356 e. The number of nitrogens with one attached hydrogen (secondary N) is 2. The molecule has 1 aromatic rings. The minimum atomic E-state index is 0.158. The standard InChI is InChI=1S/C13H22N2OS/c1-11(2)14-7-3-4-13(16)15-8-5-12-6-9-17-10-12/h6,9-11,14H,3-5,7-8H2,1-2H3,(H,15,16). The second kappa shape index (κ2) is 8.25. The summed E-state index contributed by atoms with van der Waals surface area (Å²) in [5.41, 5.74) is 1.30. The minimum absolute atomic E-state index is 0.158. The van der Waals surface area contributed by atoms with E-state index < -0.39 is 0 Å². The summed E-state index contributed by atoms with van der Waals surface area (Å²) in [6, 6.07) is 2.60. The topological polar surface area (TPSA) is 41.1 Å². The maximum Gasteiger partial charge on any atom is 0.220 e. The molecular weight excluding hydrogens is 232 g/mol. The Hall–Kier alpha value is -0.870. The zero-order valence-corrected chi connectivity index (χ0v) is 11.5. The van der Waals surface area contributed by atoms with Crippen LogP contribution in [0.1, 0.15) is 32.3 Å². The highest BCUT2D eigenvalue weighted by Gasteiger charge is 2.01. The summed E-state index contributed by atoms with van der Waals surface area (Å²) in [4.78, 5) is 11.5. The van der Waals surface area contributed by atoms with Crippen LogP contribution in [0.2, 0.25) is 0 Å². The molecule has 4 heteroatoms. The molecule has 1 aromatic heterocycles. The van der Waals surface area contributed by atoms with E-state index in [-0.39, 0.29) is 5.91 Å². The maximum atomic E-state index is 11.5. The van der Waals surface area contributed by atoms with Crippen molar-refractivity contribution < 1.29 is 4.79 Å². The molecule has 0 aliphatic carbocycles. The van der Waals surface area contributed by atoms with Crippen LogP contribution in [0.5, 0.6) is 0 Å². The molecule has 1 amide bonds. The van der Waals surface area contributed by atoms with Crippen LogP contribution < -0.4 is 10.6 Å². The molecule has 1 heterocycles. The molecule has 2 N–H and O–H groups in total. The van der Waals surface area contributed by atoms with Crippen molar-refractivity contribution in [2.24, 2.45) is 0 Å². The Morgan fingerprint density at radius 2 is 2.24 bits per heavy atom. The lowest BCUT2D eigenvalue weighted by Crippen LogP contribution is -2.28. The molecule has 96 valence electrons. The van der Waals surface area contributed by atoms with Gasteiger partial charge in [-0.25, -0.2) is 0 Å². The van der Waals surface area contributed by atoms with Crippen LogP contribution in [-0.4, -0.2) is 25.0 Å². The Morgan fingerprint density at radius 3 is 2.88 bits per heavy atom. The number of carbonyl (C=O) groups excluding carboxylic acids is 1. The van der Waals surface area contributed by atoms with E-state index in [4.69, 9.17) is 0 Å². The zero-order chi connectivity index (χ0) is 12.5. The molecule has 17 heavy (non-hydrogen) atoms. The Morgan fingerprint density at radius 1 is 1.41 bits per heavy atom. The molecule has 0 spiro atoms. The van der Waals surface area contributed by atoms with Gasteiger partial charge in [-0.3, -0.25) is 4.79 Å². The molecule has 0 atom stereocenters. The van der Waals surface area contributed by atoms with Gasteiger partial charge >= 0.3 is 0 Å². The second-order valence-corrected chi connectivity index (χ2v) is 5.22. The van der Waals surface area contributed by atoms with Crippen LogP contribution in [0.25, 0.3) is 0 Å². The van der Waals surface area contributed by atoms with Gasteiger partial charge in [0.2, 0.25) is 5.91 Å². The maximum absolute atomic E-state index is 11.5. The Labute approximate surface area is 108 Å². The van der Waals surface area contributed by atoms with Gasteiger partial charge in [0.25, 0.3) is 0 Å². The summed E-state index contributed by atoms with van der Waals surface area (Å²) in [5.74, 6) is 0.158. The smallest absolute Gasteiger partial charge is 0.220 e. The molecular formula is C13H22N2OS. The van der Waals surface area contributed by atoms with Crippen molar-refractivity contribution in [2.75, 3.05) is 13.1 Å². The van der Waals surface area contributed by atoms with E-state index in [0.717, 1.165) is 25.9 Å². The molecule has 3 nitrogen and oxygen atoms in total. The van der Waals surface area contributed by atoms with E-state index in [0.29, 0.717) is 12.5 Å². The van der Waals surface area contributed by atoms with E-state index in [1.54, 1.807) is 11.3 Å². The number of amides is 1. The Kier molecular flexibility index (Phi) is 6.89. The van der Waals surface area contributed by atoms with Crippen molar-refractivity contribution in [3.63, 3.8) is 0 Å². The predicted octanol–water partition coefficient (Wildman–Crippen LogP) is 2.18. The van der Waals surface area contributed by atoms with E-state index in [1.807, 2.05) is 0 Å². The van der Waals surface area contributed by atoms with Crippen molar-refractivity contribution >= 4 is 17.2 Å². The summed E-state index contributed by atoms with van der Waals surface area (Å²) < 4.78 is 0. The predicted molar refractivity (Wildman–Crippen MR) is 73.4 cm³/mol. The number of hydrogen-bond acceptors (Lipinski definition) is 3. The number of hydrogen-bond donors (Lipinski definition) is 2. The number of thiophene rings is 1. The highest BCUT2D eigenvalue weighted by atomic mass is 32.1. The first-order valence-corrected chi connectivity index (χ1v) is 7.14. The number of carbonyl (C=O) groups is 1. The average Bonchev–Trinajstić information content (AvgIpc) is 2.77. The van der Waals surface area contributed by atoms with Gasteiger partial charge in [0.05, 0.1) is 0 Å². The molecule has 0 unspecified atom stereocenters. The summed E-state index contributed by atoms with van der Waals surface area (Å²) in [6.07, 6.45) is 2.45. The van der Waals surface area contributed by atoms with Gasteiger partial charge in [-0.1, -0.05) is 13.8 Å². The first kappa shape index (κ1) is 14.2. The van der Waals surface area contributed by atoms with Gasteiger partial charge in [-0.2, -0.15) is 11.3 Å². The Bertz CT molecular complexity index is 309. The van der Waals surface area contributed by atoms with Crippen molar-refractivity contribution in [1.82, 2.24) is 10.6 Å². The summed E-state index contributed by atoms with van der Waals surface area (Å²) in [5, 5.41) is 10.4. The van der Waals surface area contributed by atoms with E-state index in [1.165, 1.54) is 5.56 Å². The van der Waals surface area contributed by atoms with Crippen molar-refractivity contribution in [2.45, 2.75) is 39.2 Å². The minimum Gasteiger partial charge on any atom is -0.356 e. The van der Waals surface area contributed by atoms with Crippen molar-refractivity contribution in [1.29, 1.82) is 0 Å². The summed E-state index contributed by atoms with van der Waals surface area (Å²) in [7, 11) is 0. The molecule has 0 aromatic carbocycles. The zero-order valence-electron chi connectivity index (χ0n) is 10.7. The monoisotopic (exact) mass is 254 g/mol. The second-order valence-electron chi connectivity index (χ2n) is 4.44. The van der Waals surface area contributed by atoms with E-state index >= 15 is 0 Å². The van der Waals surface area contributed by atoms with Crippen LogP contribution in [0.15, 0.2) is 16.8 Å². The molecule has 1 rings (SSSR count). The van der Waals surface area contributed by atoms with Gasteiger partial charge in [0, 0.05) is 19.0 Å². The fourth-order valence-electron chi connectivity index (χ4n) is 1.51. The third-order valence-electron chi connectivity index (χ3n) is 2.45. The Balaban J connectivity index is 1.98. The van der Waals surface area contributed by atoms with Crippen LogP contribution in [-0.2, 0) is 11.2 Å². The highest BCUT2D eigenvalue weighted by Crippen LogP contribution is 2.05. The first-order chi connectivity index (χ1) is 8.18. The first-order valence-electron chi connectivity index (χ1n) is 6.19. The quantitative estimate of drug-likeness (QED) is 0.698. The molecule has 0 bridgehead atoms. The van der Waals surface area contributed by atoms with Gasteiger partial charge in [0.1, 0.15) is 0 Å². The van der Waals surface area contributed by atoms with Gasteiger partial charge < -0.3 is 10.6 Å². The highest BCUT2D eigenvalue weighted by molar-refractivity contribution is 7.07. The molecule has 0 saturated carbocycles. The SMILES string of the molecule is CC(C)NCCCC(=O)NCCc1ccsc1. The van der Waals surface area contributed by atoms with Crippen LogP contribution in [0.3, 0.4) is 0 Å². The molecule has 0 aliphatic heterocycles. The summed E-state index contributed by atoms with van der Waals surface area (Å²) in [6.45, 7) is 5.88. The summed E-state index contributed by atoms with van der Waals surface area (Å²) >= 11 is 1.70.